The zero-order valence-electron chi connectivity index (χ0n) is 66.9. The maximum atomic E-state index is 13.1. The summed E-state index contributed by atoms with van der Waals surface area (Å²) in [6.45, 7) is 9.58. The van der Waals surface area contributed by atoms with Crippen molar-refractivity contribution in [2.45, 2.75) is 458 Å². The van der Waals surface area contributed by atoms with E-state index < -0.39 is 97.5 Å². The maximum Gasteiger partial charge on any atom is 0.472 e. The lowest BCUT2D eigenvalue weighted by atomic mass is 9.99. The molecule has 0 bridgehead atoms. The van der Waals surface area contributed by atoms with Crippen molar-refractivity contribution in [2.75, 3.05) is 39.6 Å². The predicted octanol–water partition coefficient (Wildman–Crippen LogP) is 25.1. The summed E-state index contributed by atoms with van der Waals surface area (Å²) in [5.41, 5.74) is 0. The first-order chi connectivity index (χ1) is 49.4. The SMILES string of the molecule is CCCCCCCCCCCCCCCCCCCCCCCCC(=O)O[C@H](COC(=O)CCCCCCCCCCCCCCCCCCC)COP(=O)(O)OC[C@@H](O)COP(=O)(O)OC[C@@H](COC(=O)CCCCCCCCC(C)C)OC(=O)CCCCCCCCCCCCC(C)CC. The molecule has 0 rings (SSSR count). The van der Waals surface area contributed by atoms with E-state index in [2.05, 4.69) is 41.5 Å². The van der Waals surface area contributed by atoms with Crippen LogP contribution in [0.2, 0.25) is 0 Å². The molecular formula is C83H162O17P2. The number of unbranched alkanes of at least 4 members (excludes halogenated alkanes) is 51. The first-order valence-electron chi connectivity index (χ1n) is 43.0. The van der Waals surface area contributed by atoms with E-state index >= 15 is 0 Å². The third-order valence-electron chi connectivity index (χ3n) is 19.8. The molecule has 606 valence electrons. The van der Waals surface area contributed by atoms with Crippen molar-refractivity contribution in [3.05, 3.63) is 0 Å². The number of hydrogen-bond acceptors (Lipinski definition) is 15. The number of ether oxygens (including phenoxy) is 4. The van der Waals surface area contributed by atoms with Crippen LogP contribution in [0.1, 0.15) is 440 Å². The second-order valence-corrected chi connectivity index (χ2v) is 33.5. The number of hydrogen-bond donors (Lipinski definition) is 3. The van der Waals surface area contributed by atoms with Gasteiger partial charge in [-0.25, -0.2) is 9.13 Å². The van der Waals surface area contributed by atoms with E-state index in [-0.39, 0.29) is 25.7 Å². The number of aliphatic hydroxyl groups excluding tert-OH is 1. The number of rotatable bonds is 82. The van der Waals surface area contributed by atoms with Gasteiger partial charge in [0, 0.05) is 25.7 Å². The normalized spacial score (nSPS) is 14.1. The van der Waals surface area contributed by atoms with Gasteiger partial charge in [-0.05, 0) is 37.5 Å². The summed E-state index contributed by atoms with van der Waals surface area (Å²) in [5, 5.41) is 10.6. The van der Waals surface area contributed by atoms with Gasteiger partial charge in [0.1, 0.15) is 19.3 Å². The van der Waals surface area contributed by atoms with Crippen LogP contribution in [-0.2, 0) is 65.4 Å². The predicted molar refractivity (Wildman–Crippen MR) is 418 cm³/mol. The fraction of sp³-hybridized carbons (Fsp3) is 0.952. The molecule has 3 N–H and O–H groups in total. The first kappa shape index (κ1) is 100. The minimum atomic E-state index is -4.96. The summed E-state index contributed by atoms with van der Waals surface area (Å²) in [6, 6.07) is 0. The summed E-state index contributed by atoms with van der Waals surface area (Å²) >= 11 is 0. The molecule has 0 aromatic rings. The molecule has 0 aromatic heterocycles. The lowest BCUT2D eigenvalue weighted by Gasteiger charge is -2.21. The van der Waals surface area contributed by atoms with E-state index in [0.29, 0.717) is 31.6 Å². The van der Waals surface area contributed by atoms with Crippen molar-refractivity contribution < 1.29 is 80.2 Å². The average Bonchev–Trinajstić information content (AvgIpc) is 1.03. The molecule has 6 atom stereocenters. The Morgan fingerprint density at radius 2 is 0.500 bits per heavy atom. The van der Waals surface area contributed by atoms with E-state index in [1.54, 1.807) is 0 Å². The Labute approximate surface area is 626 Å². The van der Waals surface area contributed by atoms with Gasteiger partial charge in [-0.3, -0.25) is 37.3 Å². The average molecular weight is 1490 g/mol. The Morgan fingerprint density at radius 3 is 0.745 bits per heavy atom. The van der Waals surface area contributed by atoms with Gasteiger partial charge in [-0.1, -0.05) is 388 Å². The zero-order chi connectivity index (χ0) is 74.9. The third-order valence-corrected chi connectivity index (χ3v) is 21.7. The van der Waals surface area contributed by atoms with Gasteiger partial charge < -0.3 is 33.8 Å². The smallest absolute Gasteiger partial charge is 0.462 e. The number of carbonyl (C=O) groups excluding carboxylic acids is 4. The van der Waals surface area contributed by atoms with Gasteiger partial charge in [-0.2, -0.15) is 0 Å². The van der Waals surface area contributed by atoms with Crippen molar-refractivity contribution in [2.24, 2.45) is 11.8 Å². The number of phosphoric ester groups is 2. The fourth-order valence-electron chi connectivity index (χ4n) is 12.9. The lowest BCUT2D eigenvalue weighted by molar-refractivity contribution is -0.161. The first-order valence-corrected chi connectivity index (χ1v) is 46.0. The van der Waals surface area contributed by atoms with Crippen molar-refractivity contribution in [3.8, 4) is 0 Å². The summed E-state index contributed by atoms with van der Waals surface area (Å²) in [7, 11) is -9.92. The van der Waals surface area contributed by atoms with Crippen LogP contribution in [-0.4, -0.2) is 96.7 Å². The van der Waals surface area contributed by atoms with Crippen LogP contribution in [0.15, 0.2) is 0 Å². The molecule has 17 nitrogen and oxygen atoms in total. The van der Waals surface area contributed by atoms with Crippen molar-refractivity contribution in [1.29, 1.82) is 0 Å². The summed E-state index contributed by atoms with van der Waals surface area (Å²) in [6.07, 6.45) is 65.5. The van der Waals surface area contributed by atoms with Gasteiger partial charge >= 0.3 is 39.5 Å². The van der Waals surface area contributed by atoms with Gasteiger partial charge in [0.15, 0.2) is 12.2 Å². The van der Waals surface area contributed by atoms with Crippen molar-refractivity contribution in [1.82, 2.24) is 0 Å². The lowest BCUT2D eigenvalue weighted by Crippen LogP contribution is -2.30. The summed E-state index contributed by atoms with van der Waals surface area (Å²) in [5.74, 6) is -0.628. The summed E-state index contributed by atoms with van der Waals surface area (Å²) in [4.78, 5) is 73.0. The van der Waals surface area contributed by atoms with E-state index in [1.807, 2.05) is 0 Å². The molecule has 0 aliphatic rings. The fourth-order valence-corrected chi connectivity index (χ4v) is 14.4. The van der Waals surface area contributed by atoms with Crippen LogP contribution in [0.4, 0.5) is 0 Å². The largest absolute Gasteiger partial charge is 0.472 e. The minimum absolute atomic E-state index is 0.105. The molecule has 0 saturated carbocycles. The van der Waals surface area contributed by atoms with Crippen LogP contribution >= 0.6 is 15.6 Å². The second-order valence-electron chi connectivity index (χ2n) is 30.6. The van der Waals surface area contributed by atoms with E-state index in [1.165, 1.54) is 250 Å². The number of phosphoric acid groups is 2. The van der Waals surface area contributed by atoms with Gasteiger partial charge in [0.2, 0.25) is 0 Å². The molecule has 102 heavy (non-hydrogen) atoms. The standard InChI is InChI=1S/C83H162O17P2/c1-7-10-12-14-16-18-20-22-24-26-27-28-29-30-32-34-36-38-43-47-55-61-67-82(87)99-78(71-93-80(85)65-59-53-46-42-37-35-33-31-25-23-21-19-17-15-13-11-8-2)73-97-101(89,90)95-69-77(84)70-96-102(91,92)98-74-79(72-94-81(86)66-60-54-50-49-51-57-63-75(4)5)100-83(88)68-62-56-48-44-40-39-41-45-52-58-64-76(6)9-3/h75-79,84H,7-74H2,1-6H3,(H,89,90)(H,91,92)/t76?,77-,78-,79-/m1/s1. The van der Waals surface area contributed by atoms with Gasteiger partial charge in [0.25, 0.3) is 0 Å². The minimum Gasteiger partial charge on any atom is -0.462 e. The van der Waals surface area contributed by atoms with Crippen molar-refractivity contribution >= 4 is 39.5 Å². The van der Waals surface area contributed by atoms with Gasteiger partial charge in [-0.15, -0.1) is 0 Å². The Morgan fingerprint density at radius 1 is 0.284 bits per heavy atom. The molecule has 19 heteroatoms. The molecule has 0 saturated heterocycles. The molecule has 0 heterocycles. The van der Waals surface area contributed by atoms with E-state index in [0.717, 1.165) is 102 Å². The topological polar surface area (TPSA) is 237 Å². The Kier molecular flexibility index (Phi) is 73.1. The summed E-state index contributed by atoms with van der Waals surface area (Å²) < 4.78 is 68.7. The monoisotopic (exact) mass is 1490 g/mol. The highest BCUT2D eigenvalue weighted by Gasteiger charge is 2.30. The molecule has 0 radical (unpaired) electrons. The highest BCUT2D eigenvalue weighted by atomic mass is 31.2. The molecule has 0 aromatic carbocycles. The Bertz CT molecular complexity index is 1960. The van der Waals surface area contributed by atoms with Crippen LogP contribution < -0.4 is 0 Å². The van der Waals surface area contributed by atoms with Crippen molar-refractivity contribution in [3.63, 3.8) is 0 Å². The van der Waals surface area contributed by atoms with E-state index in [4.69, 9.17) is 37.0 Å². The Hall–Kier alpha value is -1.94. The molecule has 0 aliphatic carbocycles. The molecule has 3 unspecified atom stereocenters. The molecule has 0 fully saturated rings. The highest BCUT2D eigenvalue weighted by Crippen LogP contribution is 2.45. The van der Waals surface area contributed by atoms with Gasteiger partial charge in [0.05, 0.1) is 26.4 Å². The number of carbonyl (C=O) groups is 4. The van der Waals surface area contributed by atoms with Crippen LogP contribution in [0, 0.1) is 11.8 Å². The van der Waals surface area contributed by atoms with Crippen LogP contribution in [0.5, 0.6) is 0 Å². The third kappa shape index (κ3) is 74.9. The molecule has 0 spiro atoms. The second kappa shape index (κ2) is 74.5. The maximum absolute atomic E-state index is 13.1. The quantitative estimate of drug-likeness (QED) is 0.0222. The van der Waals surface area contributed by atoms with Crippen LogP contribution in [0.3, 0.4) is 0 Å². The van der Waals surface area contributed by atoms with Crippen LogP contribution in [0.25, 0.3) is 0 Å². The number of aliphatic hydroxyl groups is 1. The molecule has 0 aliphatic heterocycles. The molecule has 0 amide bonds. The highest BCUT2D eigenvalue weighted by molar-refractivity contribution is 7.47. The zero-order valence-corrected chi connectivity index (χ0v) is 68.7. The Balaban J connectivity index is 5.20. The molecular weight excluding hydrogens is 1330 g/mol. The van der Waals surface area contributed by atoms with E-state index in [9.17, 15) is 43.2 Å². The number of esters is 4.